The summed E-state index contributed by atoms with van der Waals surface area (Å²) in [4.78, 5) is 4.65. The Bertz CT molecular complexity index is 583. The second-order valence-corrected chi connectivity index (χ2v) is 5.28. The summed E-state index contributed by atoms with van der Waals surface area (Å²) in [6, 6.07) is 6.00. The highest BCUT2D eigenvalue weighted by atomic mass is 35.5. The number of benzene rings is 1. The Morgan fingerprint density at radius 1 is 1.33 bits per heavy atom. The second kappa shape index (κ2) is 7.66. The first-order chi connectivity index (χ1) is 10.2. The lowest BCUT2D eigenvalue weighted by molar-refractivity contribution is 0.0643. The first kappa shape index (κ1) is 16.1. The maximum atomic E-state index is 6.06. The fraction of sp³-hybridized carbons (Fsp3) is 0.562. The summed E-state index contributed by atoms with van der Waals surface area (Å²) in [7, 11) is 0. The molecule has 0 bridgehead atoms. The van der Waals surface area contributed by atoms with Crippen LogP contribution in [0.4, 0.5) is 0 Å². The van der Waals surface area contributed by atoms with Crippen LogP contribution in [-0.4, -0.2) is 28.9 Å². The number of rotatable bonds is 8. The van der Waals surface area contributed by atoms with Crippen LogP contribution in [0.2, 0.25) is 0 Å². The van der Waals surface area contributed by atoms with Gasteiger partial charge in [0.25, 0.3) is 0 Å². The zero-order valence-electron chi connectivity index (χ0n) is 12.9. The molecule has 0 aliphatic heterocycles. The third-order valence-electron chi connectivity index (χ3n) is 3.29. The van der Waals surface area contributed by atoms with Crippen molar-refractivity contribution in [2.24, 2.45) is 0 Å². The quantitative estimate of drug-likeness (QED) is 0.692. The van der Waals surface area contributed by atoms with E-state index in [0.717, 1.165) is 35.6 Å². The lowest BCUT2D eigenvalue weighted by Gasteiger charge is -2.15. The van der Waals surface area contributed by atoms with Crippen molar-refractivity contribution in [2.45, 2.75) is 45.7 Å². The topological polar surface area (TPSA) is 36.3 Å². The molecule has 0 aliphatic rings. The van der Waals surface area contributed by atoms with Crippen LogP contribution < -0.4 is 4.74 Å². The lowest BCUT2D eigenvalue weighted by Crippen LogP contribution is -2.17. The van der Waals surface area contributed by atoms with Crippen molar-refractivity contribution in [1.29, 1.82) is 0 Å². The van der Waals surface area contributed by atoms with Gasteiger partial charge in [-0.25, -0.2) is 4.98 Å². The maximum Gasteiger partial charge on any atom is 0.147 e. The number of ether oxygens (including phenoxy) is 2. The molecule has 0 fully saturated rings. The summed E-state index contributed by atoms with van der Waals surface area (Å²) in [6.07, 6.45) is 1.09. The number of halogens is 1. The fourth-order valence-corrected chi connectivity index (χ4v) is 2.60. The Labute approximate surface area is 131 Å². The molecule has 0 spiro atoms. The average molecular weight is 311 g/mol. The van der Waals surface area contributed by atoms with Crippen LogP contribution in [0.1, 0.15) is 33.0 Å². The molecule has 5 heteroatoms. The molecule has 21 heavy (non-hydrogen) atoms. The van der Waals surface area contributed by atoms with E-state index in [1.54, 1.807) is 0 Å². The highest BCUT2D eigenvalue weighted by molar-refractivity contribution is 6.16. The summed E-state index contributed by atoms with van der Waals surface area (Å²) < 4.78 is 13.5. The summed E-state index contributed by atoms with van der Waals surface area (Å²) in [5, 5.41) is 0. The van der Waals surface area contributed by atoms with Crippen molar-refractivity contribution in [1.82, 2.24) is 9.55 Å². The van der Waals surface area contributed by atoms with E-state index in [4.69, 9.17) is 21.1 Å². The molecule has 4 nitrogen and oxygen atoms in total. The Kier molecular flexibility index (Phi) is 5.88. The van der Waals surface area contributed by atoms with Gasteiger partial charge in [0.1, 0.15) is 17.1 Å². The van der Waals surface area contributed by atoms with E-state index in [9.17, 15) is 0 Å². The molecule has 1 unspecified atom stereocenters. The normalized spacial score (nSPS) is 12.8. The predicted octanol–water partition coefficient (Wildman–Crippen LogP) is 3.99. The minimum Gasteiger partial charge on any atom is -0.491 e. The van der Waals surface area contributed by atoms with Gasteiger partial charge < -0.3 is 14.0 Å². The van der Waals surface area contributed by atoms with Gasteiger partial charge in [0.05, 0.1) is 30.7 Å². The average Bonchev–Trinajstić information content (AvgIpc) is 2.84. The Morgan fingerprint density at radius 3 is 2.81 bits per heavy atom. The van der Waals surface area contributed by atoms with Crippen molar-refractivity contribution in [3.05, 3.63) is 24.0 Å². The first-order valence-electron chi connectivity index (χ1n) is 7.49. The minimum atomic E-state index is 0.120. The highest BCUT2D eigenvalue weighted by Crippen LogP contribution is 2.27. The molecule has 2 rings (SSSR count). The van der Waals surface area contributed by atoms with Crippen molar-refractivity contribution in [3.63, 3.8) is 0 Å². The number of hydrogen-bond donors (Lipinski definition) is 0. The molecule has 1 aromatic heterocycles. The van der Waals surface area contributed by atoms with Crippen LogP contribution in [0.15, 0.2) is 18.2 Å². The molecule has 1 aromatic carbocycles. The largest absolute Gasteiger partial charge is 0.491 e. The lowest BCUT2D eigenvalue weighted by atomic mass is 10.3. The smallest absolute Gasteiger partial charge is 0.147 e. The van der Waals surface area contributed by atoms with Crippen molar-refractivity contribution < 1.29 is 9.47 Å². The van der Waals surface area contributed by atoms with Gasteiger partial charge in [-0.05, 0) is 32.4 Å². The van der Waals surface area contributed by atoms with Crippen LogP contribution in [0.25, 0.3) is 11.0 Å². The summed E-state index contributed by atoms with van der Waals surface area (Å²) in [5.41, 5.74) is 1.93. The van der Waals surface area contributed by atoms with Gasteiger partial charge in [-0.3, -0.25) is 0 Å². The number of alkyl halides is 1. The van der Waals surface area contributed by atoms with Crippen LogP contribution in [-0.2, 0) is 17.2 Å². The van der Waals surface area contributed by atoms with Gasteiger partial charge in [0, 0.05) is 6.61 Å². The Morgan fingerprint density at radius 2 is 2.14 bits per heavy atom. The third-order valence-corrected chi connectivity index (χ3v) is 3.53. The molecular weight excluding hydrogens is 288 g/mol. The Balaban J connectivity index is 2.39. The maximum absolute atomic E-state index is 6.06. The van der Waals surface area contributed by atoms with Crippen molar-refractivity contribution >= 4 is 22.6 Å². The fourth-order valence-electron chi connectivity index (χ4n) is 2.40. The zero-order valence-corrected chi connectivity index (χ0v) is 13.7. The second-order valence-electron chi connectivity index (χ2n) is 5.01. The summed E-state index contributed by atoms with van der Waals surface area (Å²) >= 11 is 6.06. The first-order valence-corrected chi connectivity index (χ1v) is 8.03. The van der Waals surface area contributed by atoms with E-state index in [0.29, 0.717) is 19.1 Å². The number of hydrogen-bond acceptors (Lipinski definition) is 3. The van der Waals surface area contributed by atoms with Gasteiger partial charge in [0.15, 0.2) is 0 Å². The van der Waals surface area contributed by atoms with E-state index >= 15 is 0 Å². The van der Waals surface area contributed by atoms with Gasteiger partial charge in [-0.2, -0.15) is 0 Å². The van der Waals surface area contributed by atoms with E-state index in [2.05, 4.69) is 29.5 Å². The molecule has 1 atom stereocenters. The molecule has 0 aliphatic carbocycles. The molecule has 0 N–H and O–H groups in total. The number of para-hydroxylation sites is 1. The van der Waals surface area contributed by atoms with Crippen LogP contribution in [0, 0.1) is 0 Å². The monoisotopic (exact) mass is 310 g/mol. The molecule has 0 radical (unpaired) electrons. The summed E-state index contributed by atoms with van der Waals surface area (Å²) in [6.45, 7) is 8.29. The predicted molar refractivity (Wildman–Crippen MR) is 86.2 cm³/mol. The van der Waals surface area contributed by atoms with Crippen LogP contribution in [0.5, 0.6) is 5.75 Å². The van der Waals surface area contributed by atoms with E-state index in [1.807, 2.05) is 19.1 Å². The van der Waals surface area contributed by atoms with Gasteiger partial charge in [0.2, 0.25) is 0 Å². The molecule has 2 aromatic rings. The van der Waals surface area contributed by atoms with Gasteiger partial charge >= 0.3 is 0 Å². The van der Waals surface area contributed by atoms with Crippen LogP contribution >= 0.6 is 11.6 Å². The highest BCUT2D eigenvalue weighted by Gasteiger charge is 2.15. The van der Waals surface area contributed by atoms with Gasteiger partial charge in [-0.1, -0.05) is 13.0 Å². The molecule has 1 heterocycles. The SMILES string of the molecule is CCCOc1cccc2c1nc(CCl)n2CC(C)OCC. The molecule has 0 amide bonds. The standard InChI is InChI=1S/C16H23ClN2O2/c1-4-9-21-14-8-6-7-13-16(14)18-15(10-17)19(13)11-12(3)20-5-2/h6-8,12H,4-5,9-11H2,1-3H3. The molecule has 116 valence electrons. The van der Waals surface area contributed by atoms with E-state index in [-0.39, 0.29) is 6.10 Å². The minimum absolute atomic E-state index is 0.120. The molecule has 0 saturated carbocycles. The number of fused-ring (bicyclic) bond motifs is 1. The molecular formula is C16H23ClN2O2. The number of nitrogens with zero attached hydrogens (tertiary/aromatic N) is 2. The summed E-state index contributed by atoms with van der Waals surface area (Å²) in [5.74, 6) is 2.05. The Hall–Kier alpha value is -1.26. The number of aromatic nitrogens is 2. The van der Waals surface area contributed by atoms with E-state index < -0.39 is 0 Å². The van der Waals surface area contributed by atoms with Crippen LogP contribution in [0.3, 0.4) is 0 Å². The third kappa shape index (κ3) is 3.69. The number of imidazole rings is 1. The van der Waals surface area contributed by atoms with Crippen molar-refractivity contribution in [2.75, 3.05) is 13.2 Å². The van der Waals surface area contributed by atoms with Crippen molar-refractivity contribution in [3.8, 4) is 5.75 Å². The molecule has 0 saturated heterocycles. The zero-order chi connectivity index (χ0) is 15.2. The van der Waals surface area contributed by atoms with E-state index in [1.165, 1.54) is 0 Å². The van der Waals surface area contributed by atoms with Gasteiger partial charge in [-0.15, -0.1) is 11.6 Å².